The van der Waals surface area contributed by atoms with E-state index in [0.717, 1.165) is 18.1 Å². The molecule has 3 heteroatoms. The topological polar surface area (TPSA) is 18.5 Å². The number of nitrogens with zero attached hydrogens (tertiary/aromatic N) is 2. The third-order valence-electron chi connectivity index (χ3n) is 5.38. The van der Waals surface area contributed by atoms with E-state index in [2.05, 4.69) is 22.0 Å². The smallest absolute Gasteiger partial charge is 0.0249 e. The summed E-state index contributed by atoms with van der Waals surface area (Å²) < 4.78 is 0. The number of fused-ring (bicyclic) bond motifs is 1. The molecule has 3 rings (SSSR count). The number of hydrogen-bond acceptors (Lipinski definition) is 3. The highest BCUT2D eigenvalue weighted by Gasteiger charge is 2.35. The Hall–Kier alpha value is -0.120. The lowest BCUT2D eigenvalue weighted by Crippen LogP contribution is -2.48. The summed E-state index contributed by atoms with van der Waals surface area (Å²) in [4.78, 5) is 5.38. The summed E-state index contributed by atoms with van der Waals surface area (Å²) in [6.07, 6.45) is 8.49. The van der Waals surface area contributed by atoms with E-state index in [4.69, 9.17) is 0 Å². The fraction of sp³-hybridized carbons (Fsp3) is 1.00. The van der Waals surface area contributed by atoms with Gasteiger partial charge < -0.3 is 5.32 Å². The summed E-state index contributed by atoms with van der Waals surface area (Å²) in [6.45, 7) is 8.77. The molecule has 3 unspecified atom stereocenters. The number of likely N-dealkylation sites (tertiary alicyclic amines) is 1. The van der Waals surface area contributed by atoms with Gasteiger partial charge in [-0.1, -0.05) is 13.3 Å². The van der Waals surface area contributed by atoms with Crippen molar-refractivity contribution < 1.29 is 0 Å². The third-order valence-corrected chi connectivity index (χ3v) is 5.38. The molecule has 3 aliphatic rings. The SMILES string of the molecule is CCN1CCCC1CNC1CCN2CCCCC12. The highest BCUT2D eigenvalue weighted by atomic mass is 15.2. The van der Waals surface area contributed by atoms with Gasteiger partial charge >= 0.3 is 0 Å². The van der Waals surface area contributed by atoms with Crippen molar-refractivity contribution in [2.75, 3.05) is 32.7 Å². The van der Waals surface area contributed by atoms with Gasteiger partial charge in [-0.25, -0.2) is 0 Å². The summed E-state index contributed by atoms with van der Waals surface area (Å²) in [7, 11) is 0. The highest BCUT2D eigenvalue weighted by Crippen LogP contribution is 2.27. The molecule has 0 aromatic carbocycles. The molecular weight excluding hydrogens is 222 g/mol. The Kier molecular flexibility index (Phi) is 4.22. The molecule has 0 amide bonds. The second-order valence-corrected chi connectivity index (χ2v) is 6.33. The molecule has 3 aliphatic heterocycles. The molecule has 18 heavy (non-hydrogen) atoms. The molecule has 0 aromatic heterocycles. The molecule has 3 saturated heterocycles. The van der Waals surface area contributed by atoms with Crippen molar-refractivity contribution in [2.45, 2.75) is 63.6 Å². The lowest BCUT2D eigenvalue weighted by molar-refractivity contribution is 0.175. The van der Waals surface area contributed by atoms with E-state index in [1.165, 1.54) is 71.2 Å². The highest BCUT2D eigenvalue weighted by molar-refractivity contribution is 4.95. The summed E-state index contributed by atoms with van der Waals surface area (Å²) in [5.74, 6) is 0. The monoisotopic (exact) mass is 251 g/mol. The average Bonchev–Trinajstić information content (AvgIpc) is 3.02. The summed E-state index contributed by atoms with van der Waals surface area (Å²) in [6, 6.07) is 2.45. The van der Waals surface area contributed by atoms with Gasteiger partial charge in [-0.15, -0.1) is 0 Å². The second kappa shape index (κ2) is 5.89. The first-order chi connectivity index (χ1) is 8.88. The molecule has 104 valence electrons. The van der Waals surface area contributed by atoms with Crippen LogP contribution < -0.4 is 5.32 Å². The number of likely N-dealkylation sites (N-methyl/N-ethyl adjacent to an activating group) is 1. The van der Waals surface area contributed by atoms with Crippen LogP contribution in [-0.4, -0.2) is 60.6 Å². The number of hydrogen-bond donors (Lipinski definition) is 1. The van der Waals surface area contributed by atoms with Gasteiger partial charge in [-0.05, 0) is 51.7 Å². The van der Waals surface area contributed by atoms with Crippen LogP contribution in [0.1, 0.15) is 45.4 Å². The standard InChI is InChI=1S/C15H29N3/c1-2-17-10-5-6-13(17)12-16-14-8-11-18-9-4-3-7-15(14)18/h13-16H,2-12H2,1H3. The zero-order chi connectivity index (χ0) is 12.4. The van der Waals surface area contributed by atoms with Crippen LogP contribution in [0, 0.1) is 0 Å². The van der Waals surface area contributed by atoms with Crippen molar-refractivity contribution in [1.82, 2.24) is 15.1 Å². The van der Waals surface area contributed by atoms with E-state index in [-0.39, 0.29) is 0 Å². The van der Waals surface area contributed by atoms with Crippen molar-refractivity contribution in [2.24, 2.45) is 0 Å². The Balaban J connectivity index is 1.48. The number of rotatable bonds is 4. The molecule has 3 fully saturated rings. The maximum Gasteiger partial charge on any atom is 0.0249 e. The largest absolute Gasteiger partial charge is 0.311 e. The molecule has 0 aromatic rings. The molecule has 3 nitrogen and oxygen atoms in total. The number of piperidine rings is 1. The molecule has 0 aliphatic carbocycles. The molecular formula is C15H29N3. The fourth-order valence-corrected chi connectivity index (χ4v) is 4.32. The van der Waals surface area contributed by atoms with Crippen LogP contribution in [0.2, 0.25) is 0 Å². The lowest BCUT2D eigenvalue weighted by Gasteiger charge is -2.33. The van der Waals surface area contributed by atoms with E-state index < -0.39 is 0 Å². The van der Waals surface area contributed by atoms with Gasteiger partial charge in [-0.2, -0.15) is 0 Å². The zero-order valence-electron chi connectivity index (χ0n) is 11.9. The van der Waals surface area contributed by atoms with E-state index in [9.17, 15) is 0 Å². The van der Waals surface area contributed by atoms with Crippen molar-refractivity contribution in [3.05, 3.63) is 0 Å². The van der Waals surface area contributed by atoms with Gasteiger partial charge in [0.1, 0.15) is 0 Å². The zero-order valence-corrected chi connectivity index (χ0v) is 11.9. The average molecular weight is 251 g/mol. The molecule has 0 bridgehead atoms. The Bertz CT molecular complexity index is 268. The second-order valence-electron chi connectivity index (χ2n) is 6.33. The first-order valence-electron chi connectivity index (χ1n) is 8.10. The van der Waals surface area contributed by atoms with Gasteiger partial charge in [0.05, 0.1) is 0 Å². The number of nitrogens with one attached hydrogen (secondary N) is 1. The minimum atomic E-state index is 0.782. The van der Waals surface area contributed by atoms with Gasteiger partial charge in [0.15, 0.2) is 0 Å². The summed E-state index contributed by atoms with van der Waals surface area (Å²) in [5, 5.41) is 3.90. The predicted molar refractivity (Wildman–Crippen MR) is 75.9 cm³/mol. The van der Waals surface area contributed by atoms with E-state index in [1.807, 2.05) is 0 Å². The maximum absolute atomic E-state index is 3.90. The van der Waals surface area contributed by atoms with Gasteiger partial charge in [-0.3, -0.25) is 9.80 Å². The predicted octanol–water partition coefficient (Wildman–Crippen LogP) is 1.69. The molecule has 0 spiro atoms. The lowest BCUT2D eigenvalue weighted by atomic mass is 9.99. The normalized spacial score (nSPS) is 38.2. The van der Waals surface area contributed by atoms with Crippen molar-refractivity contribution in [1.29, 1.82) is 0 Å². The van der Waals surface area contributed by atoms with Crippen LogP contribution in [-0.2, 0) is 0 Å². The molecule has 1 N–H and O–H groups in total. The molecule has 3 atom stereocenters. The van der Waals surface area contributed by atoms with Crippen LogP contribution in [0.3, 0.4) is 0 Å². The van der Waals surface area contributed by atoms with Crippen LogP contribution in [0.5, 0.6) is 0 Å². The van der Waals surface area contributed by atoms with Crippen LogP contribution >= 0.6 is 0 Å². The van der Waals surface area contributed by atoms with Crippen LogP contribution in [0.15, 0.2) is 0 Å². The molecule has 0 radical (unpaired) electrons. The van der Waals surface area contributed by atoms with Crippen LogP contribution in [0.4, 0.5) is 0 Å². The minimum Gasteiger partial charge on any atom is -0.311 e. The van der Waals surface area contributed by atoms with Crippen LogP contribution in [0.25, 0.3) is 0 Å². The Labute approximate surface area is 112 Å². The van der Waals surface area contributed by atoms with Crippen molar-refractivity contribution in [3.8, 4) is 0 Å². The van der Waals surface area contributed by atoms with Gasteiger partial charge in [0.25, 0.3) is 0 Å². The maximum atomic E-state index is 3.90. The fourth-order valence-electron chi connectivity index (χ4n) is 4.32. The van der Waals surface area contributed by atoms with Gasteiger partial charge in [0, 0.05) is 31.2 Å². The van der Waals surface area contributed by atoms with E-state index in [0.29, 0.717) is 0 Å². The molecule has 0 saturated carbocycles. The minimum absolute atomic E-state index is 0.782. The van der Waals surface area contributed by atoms with Crippen molar-refractivity contribution >= 4 is 0 Å². The first kappa shape index (κ1) is 12.9. The Morgan fingerprint density at radius 1 is 1.00 bits per heavy atom. The molecule has 3 heterocycles. The van der Waals surface area contributed by atoms with E-state index in [1.54, 1.807) is 0 Å². The quantitative estimate of drug-likeness (QED) is 0.820. The summed E-state index contributed by atoms with van der Waals surface area (Å²) in [5.41, 5.74) is 0. The Morgan fingerprint density at radius 3 is 2.83 bits per heavy atom. The van der Waals surface area contributed by atoms with Crippen molar-refractivity contribution in [3.63, 3.8) is 0 Å². The Morgan fingerprint density at radius 2 is 1.94 bits per heavy atom. The third kappa shape index (κ3) is 2.59. The van der Waals surface area contributed by atoms with E-state index >= 15 is 0 Å². The summed E-state index contributed by atoms with van der Waals surface area (Å²) >= 11 is 0. The van der Waals surface area contributed by atoms with Gasteiger partial charge in [0.2, 0.25) is 0 Å². The first-order valence-corrected chi connectivity index (χ1v) is 8.10.